The van der Waals surface area contributed by atoms with Gasteiger partial charge in [-0.3, -0.25) is 0 Å². The van der Waals surface area contributed by atoms with E-state index in [0.29, 0.717) is 16.7 Å². The van der Waals surface area contributed by atoms with Gasteiger partial charge in [0.25, 0.3) is 0 Å². The van der Waals surface area contributed by atoms with Crippen LogP contribution in [0, 0.1) is 0 Å². The molecule has 14 heteroatoms. The van der Waals surface area contributed by atoms with E-state index in [2.05, 4.69) is 25.9 Å². The highest BCUT2D eigenvalue weighted by Crippen LogP contribution is 2.39. The van der Waals surface area contributed by atoms with Gasteiger partial charge in [0.15, 0.2) is 0 Å². The van der Waals surface area contributed by atoms with Gasteiger partial charge >= 0.3 is 7.12 Å². The number of hydrogen-bond acceptors (Lipinski definition) is 8. The molecule has 0 radical (unpaired) electrons. The number of rotatable bonds is 4. The van der Waals surface area contributed by atoms with Crippen molar-refractivity contribution >= 4 is 64.8 Å². The first kappa shape index (κ1) is 35.9. The van der Waals surface area contributed by atoms with E-state index in [0.717, 1.165) is 26.6 Å². The van der Waals surface area contributed by atoms with E-state index in [4.69, 9.17) is 20.8 Å². The van der Waals surface area contributed by atoms with Gasteiger partial charge in [-0.1, -0.05) is 12.1 Å². The zero-order valence-corrected chi connectivity index (χ0v) is 30.6. The molecule has 0 unspecified atom stereocenters. The number of benzene rings is 2. The van der Waals surface area contributed by atoms with Crippen LogP contribution < -0.4 is 27.5 Å². The number of anilines is 2. The van der Waals surface area contributed by atoms with Crippen molar-refractivity contribution in [3.8, 4) is 11.3 Å². The molecule has 3 heterocycles. The lowest BCUT2D eigenvalue weighted by molar-refractivity contribution is 0.00578. The van der Waals surface area contributed by atoms with Gasteiger partial charge < -0.3 is 39.0 Å². The van der Waals surface area contributed by atoms with Crippen molar-refractivity contribution in [2.45, 2.75) is 38.9 Å². The minimum Gasteiger partial charge on any atom is -0.399 e. The molecule has 1 aliphatic rings. The molecule has 238 valence electrons. The van der Waals surface area contributed by atoms with Crippen molar-refractivity contribution in [2.24, 2.45) is 14.1 Å². The Balaban J connectivity index is 0.000000199. The molecule has 5 rings (SSSR count). The second-order valence-electron chi connectivity index (χ2n) is 12.7. The molecular weight excluding hydrogens is 661 g/mol. The van der Waals surface area contributed by atoms with Crippen molar-refractivity contribution < 1.29 is 18.4 Å². The van der Waals surface area contributed by atoms with Crippen molar-refractivity contribution in [3.05, 3.63) is 66.0 Å². The van der Waals surface area contributed by atoms with Crippen molar-refractivity contribution in [1.29, 1.82) is 0 Å². The molecule has 4 aromatic rings. The third-order valence-corrected chi connectivity index (χ3v) is 10.9. The summed E-state index contributed by atoms with van der Waals surface area (Å²) in [6.07, 6.45) is 7.29. The van der Waals surface area contributed by atoms with Crippen molar-refractivity contribution in [3.63, 3.8) is 0 Å². The number of aryl methyl sites for hydroxylation is 2. The number of nitrogens with zero attached hydrogens (tertiary/aromatic N) is 4. The van der Waals surface area contributed by atoms with Gasteiger partial charge in [0.05, 0.1) is 29.6 Å². The average Bonchev–Trinajstić information content (AvgIpc) is 3.55. The first-order valence-corrected chi connectivity index (χ1v) is 20.0. The molecule has 2 aromatic carbocycles. The first-order chi connectivity index (χ1) is 20.1. The first-order valence-electron chi connectivity index (χ1n) is 14.0. The zero-order chi connectivity index (χ0) is 33.3. The Bertz CT molecular complexity index is 1680. The SMILES string of the molecule is CC1(C)OB(c2ccc(N)c(P(C)(C)=O)c2)OC1(C)C.Cn1cnc(-c2ccc(N)c(P(C)(C)=O)c2)c1.Cn1cnc(Br)c1. The van der Waals surface area contributed by atoms with Crippen LogP contribution in [0.5, 0.6) is 0 Å². The van der Waals surface area contributed by atoms with Crippen LogP contribution >= 0.6 is 30.2 Å². The smallest absolute Gasteiger partial charge is 0.399 e. The van der Waals surface area contributed by atoms with Gasteiger partial charge in [-0.15, -0.1) is 0 Å². The lowest BCUT2D eigenvalue weighted by Gasteiger charge is -2.32. The number of nitrogens with two attached hydrogens (primary N) is 2. The summed E-state index contributed by atoms with van der Waals surface area (Å²) in [6, 6.07) is 11.1. The Hall–Kier alpha value is -2.62. The van der Waals surface area contributed by atoms with Crippen LogP contribution in [0.1, 0.15) is 27.7 Å². The number of aromatic nitrogens is 4. The molecule has 1 aliphatic heterocycles. The Morgan fingerprint density at radius 3 is 1.66 bits per heavy atom. The van der Waals surface area contributed by atoms with E-state index >= 15 is 0 Å². The zero-order valence-electron chi connectivity index (χ0n) is 27.2. The number of halogens is 1. The maximum Gasteiger partial charge on any atom is 0.494 e. The molecule has 0 bridgehead atoms. The summed E-state index contributed by atoms with van der Waals surface area (Å²) in [4.78, 5) is 8.17. The van der Waals surface area contributed by atoms with Crippen molar-refractivity contribution in [2.75, 3.05) is 38.1 Å². The predicted octanol–water partition coefficient (Wildman–Crippen LogP) is 4.92. The average molecular weight is 705 g/mol. The van der Waals surface area contributed by atoms with E-state index in [-0.39, 0.29) is 11.2 Å². The highest BCUT2D eigenvalue weighted by Gasteiger charge is 2.51. The summed E-state index contributed by atoms with van der Waals surface area (Å²) in [5.41, 5.74) is 14.8. The summed E-state index contributed by atoms with van der Waals surface area (Å²) >= 11 is 3.20. The second kappa shape index (κ2) is 13.4. The Labute approximate surface area is 270 Å². The summed E-state index contributed by atoms with van der Waals surface area (Å²) in [5, 5.41) is 1.41. The van der Waals surface area contributed by atoms with Crippen LogP contribution in [0.3, 0.4) is 0 Å². The van der Waals surface area contributed by atoms with Gasteiger partial charge in [-0.25, -0.2) is 9.97 Å². The minimum absolute atomic E-state index is 0.388. The summed E-state index contributed by atoms with van der Waals surface area (Å²) in [5.74, 6) is 0. The van der Waals surface area contributed by atoms with Crippen molar-refractivity contribution in [1.82, 2.24) is 19.1 Å². The fraction of sp³-hybridized carbons (Fsp3) is 0.400. The maximum atomic E-state index is 12.3. The molecule has 2 aromatic heterocycles. The fourth-order valence-electron chi connectivity index (χ4n) is 4.26. The highest BCUT2D eigenvalue weighted by atomic mass is 79.9. The largest absolute Gasteiger partial charge is 0.494 e. The van der Waals surface area contributed by atoms with Crippen LogP contribution in [0.2, 0.25) is 0 Å². The van der Waals surface area contributed by atoms with Gasteiger partial charge in [-0.2, -0.15) is 0 Å². The monoisotopic (exact) mass is 704 g/mol. The Kier molecular flexibility index (Phi) is 10.9. The standard InChI is InChI=1S/C14H23BNO3P.C12H16N3OP.C4H5BrN2/c1-13(2)14(3,4)19-15(18-13)10-7-8-11(16)12(9-10)20(5,6)17;1-15-7-11(14-8-15)9-4-5-10(13)12(6-9)17(2,3)16;1-7-2-4(5)6-3-7/h7-9H,16H2,1-6H3;4-8H,13H2,1-3H3;2-3H,1H3. The Morgan fingerprint density at radius 1 is 0.773 bits per heavy atom. The maximum absolute atomic E-state index is 12.3. The van der Waals surface area contributed by atoms with Crippen LogP contribution in [0.25, 0.3) is 11.3 Å². The number of hydrogen-bond donors (Lipinski definition) is 2. The number of imidazole rings is 2. The van der Waals surface area contributed by atoms with Crippen LogP contribution in [-0.2, 0) is 32.5 Å². The lowest BCUT2D eigenvalue weighted by Crippen LogP contribution is -2.41. The normalized spacial score (nSPS) is 15.7. The van der Waals surface area contributed by atoms with E-state index in [1.54, 1.807) is 51.4 Å². The van der Waals surface area contributed by atoms with E-state index in [1.165, 1.54) is 0 Å². The topological polar surface area (TPSA) is 140 Å². The predicted molar refractivity (Wildman–Crippen MR) is 189 cm³/mol. The molecule has 44 heavy (non-hydrogen) atoms. The molecular formula is C30H44BBrN6O4P2. The quantitative estimate of drug-likeness (QED) is 0.174. The van der Waals surface area contributed by atoms with Gasteiger partial charge in [0.1, 0.15) is 18.9 Å². The molecule has 0 amide bonds. The molecule has 1 saturated heterocycles. The molecule has 10 nitrogen and oxygen atoms in total. The van der Waals surface area contributed by atoms with Crippen LogP contribution in [0.4, 0.5) is 11.4 Å². The molecule has 0 saturated carbocycles. The summed E-state index contributed by atoms with van der Waals surface area (Å²) in [6.45, 7) is 14.9. The van der Waals surface area contributed by atoms with E-state index in [1.807, 2.05) is 87.6 Å². The van der Waals surface area contributed by atoms with Gasteiger partial charge in [0.2, 0.25) is 0 Å². The Morgan fingerprint density at radius 2 is 1.25 bits per heavy atom. The molecule has 0 atom stereocenters. The summed E-state index contributed by atoms with van der Waals surface area (Å²) < 4.78 is 41.1. The summed E-state index contributed by atoms with van der Waals surface area (Å²) in [7, 11) is -1.39. The number of nitrogen functional groups attached to an aromatic ring is 2. The molecule has 4 N–H and O–H groups in total. The highest BCUT2D eigenvalue weighted by molar-refractivity contribution is 9.10. The molecule has 1 fully saturated rings. The van der Waals surface area contributed by atoms with Gasteiger partial charge in [0, 0.05) is 54.0 Å². The minimum atomic E-state index is -2.42. The van der Waals surface area contributed by atoms with Crippen LogP contribution in [0.15, 0.2) is 66.0 Å². The van der Waals surface area contributed by atoms with E-state index < -0.39 is 21.4 Å². The third kappa shape index (κ3) is 8.98. The van der Waals surface area contributed by atoms with Gasteiger partial charge in [-0.05, 0) is 100 Å². The fourth-order valence-corrected chi connectivity index (χ4v) is 6.98. The van der Waals surface area contributed by atoms with Crippen LogP contribution in [-0.4, -0.2) is 64.1 Å². The third-order valence-electron chi connectivity index (χ3n) is 7.44. The van der Waals surface area contributed by atoms with E-state index in [9.17, 15) is 9.13 Å². The molecule has 0 aliphatic carbocycles. The second-order valence-corrected chi connectivity index (χ2v) is 19.8. The lowest BCUT2D eigenvalue weighted by atomic mass is 9.79. The molecule has 0 spiro atoms.